The van der Waals surface area contributed by atoms with Gasteiger partial charge < -0.3 is 0 Å². The van der Waals surface area contributed by atoms with Gasteiger partial charge in [-0.3, -0.25) is 0 Å². The van der Waals surface area contributed by atoms with Gasteiger partial charge in [-0.25, -0.2) is 0 Å². The Hall–Kier alpha value is -8.60. The molecule has 0 saturated carbocycles. The normalized spacial score (nSPS) is 12.1. The third kappa shape index (κ3) is 7.33. The van der Waals surface area contributed by atoms with E-state index in [2.05, 4.69) is 239 Å². The summed E-state index contributed by atoms with van der Waals surface area (Å²) in [6.45, 7) is 0. The molecule has 0 atom stereocenters. The zero-order valence-electron chi connectivity index (χ0n) is 34.9. The highest BCUT2D eigenvalue weighted by Gasteiger charge is 2.09. The SMILES string of the molecule is C(=N\N=C\c1c2ccccc2cc2ccccc12)/c1c2ccccc2cc2ccccc12.C(=N\N=C\c1c2ccccc2cc2ccccc12)/c1c2ccccc2cc2ccccc12. The molecule has 12 aromatic rings. The Morgan fingerprint density at radius 1 is 0.188 bits per heavy atom. The van der Waals surface area contributed by atoms with Crippen LogP contribution >= 0.6 is 0 Å². The topological polar surface area (TPSA) is 49.4 Å². The van der Waals surface area contributed by atoms with Gasteiger partial charge in [-0.1, -0.05) is 194 Å². The molecule has 0 N–H and O–H groups in total. The largest absolute Gasteiger partial charge is 0.158 e. The summed E-state index contributed by atoms with van der Waals surface area (Å²) in [5.41, 5.74) is 4.38. The van der Waals surface area contributed by atoms with Gasteiger partial charge in [-0.05, 0) is 110 Å². The average Bonchev–Trinajstić information content (AvgIpc) is 3.35. The molecule has 0 heterocycles. The van der Waals surface area contributed by atoms with Crippen LogP contribution in [0.15, 0.2) is 239 Å². The Morgan fingerprint density at radius 2 is 0.328 bits per heavy atom. The first-order chi connectivity index (χ1) is 31.8. The molecule has 0 saturated heterocycles. The molecule has 0 amide bonds. The van der Waals surface area contributed by atoms with Crippen molar-refractivity contribution in [1.82, 2.24) is 0 Å². The van der Waals surface area contributed by atoms with E-state index in [1.165, 1.54) is 86.2 Å². The van der Waals surface area contributed by atoms with E-state index in [1.807, 2.05) is 24.9 Å². The first-order valence-electron chi connectivity index (χ1n) is 21.5. The lowest BCUT2D eigenvalue weighted by molar-refractivity contribution is 1.27. The van der Waals surface area contributed by atoms with Crippen LogP contribution in [0.4, 0.5) is 0 Å². The van der Waals surface area contributed by atoms with Gasteiger partial charge in [0.05, 0.1) is 24.9 Å². The minimum Gasteiger partial charge on any atom is -0.158 e. The van der Waals surface area contributed by atoms with Gasteiger partial charge in [0.2, 0.25) is 0 Å². The highest BCUT2D eigenvalue weighted by molar-refractivity contribution is 6.17. The number of benzene rings is 12. The minimum absolute atomic E-state index is 1.10. The van der Waals surface area contributed by atoms with Crippen LogP contribution in [0.5, 0.6) is 0 Å². The molecule has 12 aromatic carbocycles. The van der Waals surface area contributed by atoms with Crippen LogP contribution in [0.1, 0.15) is 22.3 Å². The van der Waals surface area contributed by atoms with Gasteiger partial charge in [0.25, 0.3) is 0 Å². The van der Waals surface area contributed by atoms with Crippen molar-refractivity contribution in [2.24, 2.45) is 20.4 Å². The number of fused-ring (bicyclic) bond motifs is 8. The first kappa shape index (κ1) is 38.3. The lowest BCUT2D eigenvalue weighted by atomic mass is 9.97. The lowest BCUT2D eigenvalue weighted by Crippen LogP contribution is -1.89. The quantitative estimate of drug-likeness (QED) is 0.0912. The van der Waals surface area contributed by atoms with Gasteiger partial charge in [0, 0.05) is 22.3 Å². The van der Waals surface area contributed by atoms with Gasteiger partial charge in [0.15, 0.2) is 0 Å². The molecular weight excluding hydrogens is 777 g/mol. The van der Waals surface area contributed by atoms with E-state index in [4.69, 9.17) is 0 Å². The second kappa shape index (κ2) is 17.0. The zero-order chi connectivity index (χ0) is 42.7. The third-order valence-corrected chi connectivity index (χ3v) is 12.1. The van der Waals surface area contributed by atoms with Crippen molar-refractivity contribution in [3.8, 4) is 0 Å². The molecule has 64 heavy (non-hydrogen) atoms. The molecule has 0 fully saturated rings. The predicted molar refractivity (Wildman–Crippen MR) is 276 cm³/mol. The van der Waals surface area contributed by atoms with E-state index in [9.17, 15) is 0 Å². The van der Waals surface area contributed by atoms with Crippen LogP contribution < -0.4 is 0 Å². The Kier molecular flexibility index (Phi) is 10.2. The maximum Gasteiger partial charge on any atom is 0.0580 e. The van der Waals surface area contributed by atoms with E-state index >= 15 is 0 Å². The smallest absolute Gasteiger partial charge is 0.0580 e. The molecule has 4 nitrogen and oxygen atoms in total. The lowest BCUT2D eigenvalue weighted by Gasteiger charge is -2.08. The summed E-state index contributed by atoms with van der Waals surface area (Å²) in [6, 6.07) is 76.3. The fraction of sp³-hybridized carbons (Fsp3) is 0. The summed E-state index contributed by atoms with van der Waals surface area (Å²) >= 11 is 0. The molecule has 0 aliphatic rings. The van der Waals surface area contributed by atoms with Crippen molar-refractivity contribution in [3.05, 3.63) is 241 Å². The Morgan fingerprint density at radius 3 is 0.484 bits per heavy atom. The van der Waals surface area contributed by atoms with Crippen LogP contribution in [0.2, 0.25) is 0 Å². The van der Waals surface area contributed by atoms with E-state index in [0.717, 1.165) is 22.3 Å². The van der Waals surface area contributed by atoms with Gasteiger partial charge >= 0.3 is 0 Å². The van der Waals surface area contributed by atoms with Crippen molar-refractivity contribution in [2.45, 2.75) is 0 Å². The second-order valence-electron chi connectivity index (χ2n) is 15.9. The predicted octanol–water partition coefficient (Wildman–Crippen LogP) is 15.5. The molecule has 0 radical (unpaired) electrons. The van der Waals surface area contributed by atoms with Crippen LogP contribution in [0.25, 0.3) is 86.2 Å². The molecule has 12 rings (SSSR count). The fourth-order valence-electron chi connectivity index (χ4n) is 9.12. The zero-order valence-corrected chi connectivity index (χ0v) is 34.9. The monoisotopic (exact) mass is 816 g/mol. The Labute approximate surface area is 370 Å². The van der Waals surface area contributed by atoms with E-state index in [0.29, 0.717) is 0 Å². The van der Waals surface area contributed by atoms with Crippen LogP contribution in [0, 0.1) is 0 Å². The fourth-order valence-corrected chi connectivity index (χ4v) is 9.12. The molecule has 300 valence electrons. The molecular formula is C60H40N4. The van der Waals surface area contributed by atoms with Crippen LogP contribution in [-0.2, 0) is 0 Å². The first-order valence-corrected chi connectivity index (χ1v) is 21.5. The minimum atomic E-state index is 1.10. The summed E-state index contributed by atoms with van der Waals surface area (Å²) in [5.74, 6) is 0. The summed E-state index contributed by atoms with van der Waals surface area (Å²) in [6.07, 6.45) is 7.53. The Bertz CT molecular complexity index is 3140. The van der Waals surface area contributed by atoms with Crippen molar-refractivity contribution in [2.75, 3.05) is 0 Å². The molecule has 0 aliphatic heterocycles. The molecule has 0 aliphatic carbocycles. The molecule has 4 heteroatoms. The maximum atomic E-state index is 4.50. The highest BCUT2D eigenvalue weighted by atomic mass is 15.2. The summed E-state index contributed by atoms with van der Waals surface area (Å²) in [7, 11) is 0. The van der Waals surface area contributed by atoms with Gasteiger partial charge in [-0.15, -0.1) is 0 Å². The standard InChI is InChI=1S/2C30H20N2/c2*1-5-13-25-21(9-1)17-22-10-2-6-14-26(22)29(25)19-31-32-20-30-27-15-7-3-11-23(27)18-24-12-4-8-16-28(24)30/h2*1-20H/b2*31-19+,32-20+. The number of hydrogen-bond acceptors (Lipinski definition) is 4. The number of hydrogen-bond donors (Lipinski definition) is 0. The number of rotatable bonds is 6. The molecule has 0 bridgehead atoms. The van der Waals surface area contributed by atoms with Crippen molar-refractivity contribution in [1.29, 1.82) is 0 Å². The number of nitrogens with zero attached hydrogens (tertiary/aromatic N) is 4. The van der Waals surface area contributed by atoms with Crippen LogP contribution in [-0.4, -0.2) is 24.9 Å². The summed E-state index contributed by atoms with van der Waals surface area (Å²) in [5, 5.41) is 37.1. The van der Waals surface area contributed by atoms with Crippen molar-refractivity contribution in [3.63, 3.8) is 0 Å². The van der Waals surface area contributed by atoms with Crippen LogP contribution in [0.3, 0.4) is 0 Å². The van der Waals surface area contributed by atoms with E-state index in [-0.39, 0.29) is 0 Å². The maximum absolute atomic E-state index is 4.50. The van der Waals surface area contributed by atoms with E-state index in [1.54, 1.807) is 0 Å². The Balaban J connectivity index is 0.000000143. The molecule has 0 unspecified atom stereocenters. The summed E-state index contributed by atoms with van der Waals surface area (Å²) < 4.78 is 0. The molecule has 0 spiro atoms. The summed E-state index contributed by atoms with van der Waals surface area (Å²) in [4.78, 5) is 0. The van der Waals surface area contributed by atoms with Crippen molar-refractivity contribution < 1.29 is 0 Å². The van der Waals surface area contributed by atoms with E-state index < -0.39 is 0 Å². The highest BCUT2D eigenvalue weighted by Crippen LogP contribution is 2.31. The second-order valence-corrected chi connectivity index (χ2v) is 15.9. The molecule has 0 aromatic heterocycles. The average molecular weight is 817 g/mol. The van der Waals surface area contributed by atoms with Crippen molar-refractivity contribution >= 4 is 111 Å². The third-order valence-electron chi connectivity index (χ3n) is 12.1. The van der Waals surface area contributed by atoms with Gasteiger partial charge in [-0.2, -0.15) is 20.4 Å². The van der Waals surface area contributed by atoms with Gasteiger partial charge in [0.1, 0.15) is 0 Å².